The van der Waals surface area contributed by atoms with Crippen LogP contribution in [0.5, 0.6) is 0 Å². The van der Waals surface area contributed by atoms with Crippen molar-refractivity contribution >= 4 is 17.7 Å². The lowest BCUT2D eigenvalue weighted by atomic mass is 10.1. The number of carbonyl (C=O) groups excluding carboxylic acids is 2. The number of amides is 2. The van der Waals surface area contributed by atoms with E-state index in [4.69, 9.17) is 0 Å². The number of hydrogen-bond donors (Lipinski definition) is 1. The molecule has 0 unspecified atom stereocenters. The molecule has 0 radical (unpaired) electrons. The van der Waals surface area contributed by atoms with Gasteiger partial charge in [-0.05, 0) is 6.07 Å². The number of alkyl carbamates (subject to hydrolysis) is 1. The molecule has 0 saturated carbocycles. The number of nitrogens with zero attached hydrogens (tertiary/aromatic N) is 1. The number of benzene rings is 1. The molecule has 18 heavy (non-hydrogen) atoms. The Balaban J connectivity index is 2.81. The summed E-state index contributed by atoms with van der Waals surface area (Å²) in [5, 5.41) is 12.6. The highest BCUT2D eigenvalue weighted by atomic mass is 16.6. The van der Waals surface area contributed by atoms with Gasteiger partial charge in [0.25, 0.3) is 11.6 Å². The normalized spacial score (nSPS) is 9.33. The third kappa shape index (κ3) is 3.41. The molecule has 0 atom stereocenters. The zero-order valence-corrected chi connectivity index (χ0v) is 9.29. The van der Waals surface area contributed by atoms with Gasteiger partial charge in [0.15, 0.2) is 0 Å². The van der Waals surface area contributed by atoms with Gasteiger partial charge in [0.2, 0.25) is 0 Å². The van der Waals surface area contributed by atoms with Crippen LogP contribution < -0.4 is 5.32 Å². The van der Waals surface area contributed by atoms with Crippen LogP contribution in [0.3, 0.4) is 0 Å². The number of ether oxygens (including phenoxy) is 1. The van der Waals surface area contributed by atoms with Crippen LogP contribution >= 0.6 is 0 Å². The topological polar surface area (TPSA) is 98.5 Å². The highest BCUT2D eigenvalue weighted by Gasteiger charge is 2.20. The van der Waals surface area contributed by atoms with E-state index < -0.39 is 16.9 Å². The summed E-state index contributed by atoms with van der Waals surface area (Å²) in [6.45, 7) is 3.27. The van der Waals surface area contributed by atoms with Crippen LogP contribution in [-0.2, 0) is 4.74 Å². The lowest BCUT2D eigenvalue weighted by Gasteiger charge is -2.04. The highest BCUT2D eigenvalue weighted by molar-refractivity contribution is 6.05. The predicted molar refractivity (Wildman–Crippen MR) is 62.1 cm³/mol. The zero-order valence-electron chi connectivity index (χ0n) is 9.29. The molecule has 1 N–H and O–H groups in total. The van der Waals surface area contributed by atoms with Crippen molar-refractivity contribution in [1.82, 2.24) is 5.32 Å². The second-order valence-electron chi connectivity index (χ2n) is 3.12. The number of para-hydroxylation sites is 1. The molecule has 0 aliphatic carbocycles. The van der Waals surface area contributed by atoms with Gasteiger partial charge in [0.1, 0.15) is 12.2 Å². The molecule has 7 heteroatoms. The highest BCUT2D eigenvalue weighted by Crippen LogP contribution is 2.17. The van der Waals surface area contributed by atoms with Crippen molar-refractivity contribution in [3.63, 3.8) is 0 Å². The van der Waals surface area contributed by atoms with Gasteiger partial charge in [-0.15, -0.1) is 0 Å². The minimum absolute atomic E-state index is 0.0595. The first-order valence-corrected chi connectivity index (χ1v) is 4.88. The third-order valence-corrected chi connectivity index (χ3v) is 1.89. The van der Waals surface area contributed by atoms with Gasteiger partial charge in [-0.2, -0.15) is 0 Å². The molecule has 0 aliphatic heterocycles. The molecular formula is C11H10N2O5. The van der Waals surface area contributed by atoms with Crippen LogP contribution in [0.15, 0.2) is 36.9 Å². The standard InChI is InChI=1S/C11H10N2O5/c1-2-7-18-11(15)12-10(14)8-5-3-4-6-9(8)13(16)17/h2-6H,1,7H2,(H,12,14,15). The van der Waals surface area contributed by atoms with Gasteiger partial charge in [-0.3, -0.25) is 20.2 Å². The molecule has 1 aromatic rings. The van der Waals surface area contributed by atoms with E-state index in [0.717, 1.165) is 0 Å². The summed E-state index contributed by atoms with van der Waals surface area (Å²) in [5.74, 6) is -0.892. The lowest BCUT2D eigenvalue weighted by Crippen LogP contribution is -2.31. The first-order chi connectivity index (χ1) is 8.56. The molecule has 0 bridgehead atoms. The average molecular weight is 250 g/mol. The van der Waals surface area contributed by atoms with E-state index in [1.165, 1.54) is 30.3 Å². The molecule has 94 valence electrons. The average Bonchev–Trinajstić information content (AvgIpc) is 2.36. The minimum atomic E-state index is -0.988. The number of hydrogen-bond acceptors (Lipinski definition) is 5. The predicted octanol–water partition coefficient (Wildman–Crippen LogP) is 1.65. The number of imide groups is 1. The van der Waals surface area contributed by atoms with Crippen LogP contribution in [0.2, 0.25) is 0 Å². The van der Waals surface area contributed by atoms with Crippen molar-refractivity contribution in [2.75, 3.05) is 6.61 Å². The van der Waals surface area contributed by atoms with Crippen LogP contribution in [0.25, 0.3) is 0 Å². The molecular weight excluding hydrogens is 240 g/mol. The molecule has 2 amide bonds. The maximum absolute atomic E-state index is 11.6. The number of rotatable bonds is 4. The Kier molecular flexibility index (Phi) is 4.56. The van der Waals surface area contributed by atoms with E-state index in [0.29, 0.717) is 0 Å². The summed E-state index contributed by atoms with van der Waals surface area (Å²) in [4.78, 5) is 32.7. The van der Waals surface area contributed by atoms with Crippen molar-refractivity contribution in [3.8, 4) is 0 Å². The Morgan fingerprint density at radius 3 is 2.72 bits per heavy atom. The fourth-order valence-corrected chi connectivity index (χ4v) is 1.16. The largest absolute Gasteiger partial charge is 0.445 e. The summed E-state index contributed by atoms with van der Waals surface area (Å²) in [5.41, 5.74) is -0.593. The van der Waals surface area contributed by atoms with E-state index in [1.54, 1.807) is 0 Å². The molecule has 0 heterocycles. The Labute approximate surface area is 102 Å². The van der Waals surface area contributed by atoms with Gasteiger partial charge in [0.05, 0.1) is 4.92 Å². The van der Waals surface area contributed by atoms with E-state index >= 15 is 0 Å². The minimum Gasteiger partial charge on any atom is -0.445 e. The Hall–Kier alpha value is -2.70. The van der Waals surface area contributed by atoms with Crippen molar-refractivity contribution < 1.29 is 19.2 Å². The smallest absolute Gasteiger partial charge is 0.414 e. The van der Waals surface area contributed by atoms with Crippen LogP contribution in [0.4, 0.5) is 10.5 Å². The molecule has 1 aromatic carbocycles. The molecule has 0 aliphatic rings. The Morgan fingerprint density at radius 1 is 1.44 bits per heavy atom. The molecule has 0 spiro atoms. The third-order valence-electron chi connectivity index (χ3n) is 1.89. The van der Waals surface area contributed by atoms with Crippen LogP contribution in [0, 0.1) is 10.1 Å². The number of nitro benzene ring substituents is 1. The zero-order chi connectivity index (χ0) is 13.5. The van der Waals surface area contributed by atoms with Crippen molar-refractivity contribution in [2.45, 2.75) is 0 Å². The summed E-state index contributed by atoms with van der Waals surface area (Å²) in [7, 11) is 0. The second-order valence-corrected chi connectivity index (χ2v) is 3.12. The van der Waals surface area contributed by atoms with Crippen molar-refractivity contribution in [3.05, 3.63) is 52.6 Å². The van der Waals surface area contributed by atoms with Gasteiger partial charge in [-0.25, -0.2) is 4.79 Å². The van der Waals surface area contributed by atoms with E-state index in [1.807, 2.05) is 5.32 Å². The van der Waals surface area contributed by atoms with Crippen LogP contribution in [-0.4, -0.2) is 23.5 Å². The maximum Gasteiger partial charge on any atom is 0.414 e. The van der Waals surface area contributed by atoms with Crippen molar-refractivity contribution in [2.24, 2.45) is 0 Å². The fraction of sp³-hybridized carbons (Fsp3) is 0.0909. The lowest BCUT2D eigenvalue weighted by molar-refractivity contribution is -0.385. The molecule has 0 saturated heterocycles. The van der Waals surface area contributed by atoms with Gasteiger partial charge in [-0.1, -0.05) is 24.8 Å². The van der Waals surface area contributed by atoms with Gasteiger partial charge < -0.3 is 4.74 Å². The summed E-state index contributed by atoms with van der Waals surface area (Å²) < 4.78 is 4.52. The first kappa shape index (κ1) is 13.4. The monoisotopic (exact) mass is 250 g/mol. The first-order valence-electron chi connectivity index (χ1n) is 4.88. The van der Waals surface area contributed by atoms with E-state index in [-0.39, 0.29) is 17.9 Å². The Bertz CT molecular complexity index is 498. The number of nitrogens with one attached hydrogen (secondary N) is 1. The molecule has 0 aromatic heterocycles. The van der Waals surface area contributed by atoms with E-state index in [9.17, 15) is 19.7 Å². The fourth-order valence-electron chi connectivity index (χ4n) is 1.16. The van der Waals surface area contributed by atoms with Gasteiger partial charge in [0, 0.05) is 6.07 Å². The summed E-state index contributed by atoms with van der Waals surface area (Å²) >= 11 is 0. The van der Waals surface area contributed by atoms with Crippen molar-refractivity contribution in [1.29, 1.82) is 0 Å². The summed E-state index contributed by atoms with van der Waals surface area (Å²) in [6, 6.07) is 5.29. The number of carbonyl (C=O) groups is 2. The van der Waals surface area contributed by atoms with Gasteiger partial charge >= 0.3 is 6.09 Å². The maximum atomic E-state index is 11.6. The number of nitro groups is 1. The summed E-state index contributed by atoms with van der Waals surface area (Å²) in [6.07, 6.45) is 0.340. The van der Waals surface area contributed by atoms with Crippen LogP contribution in [0.1, 0.15) is 10.4 Å². The quantitative estimate of drug-likeness (QED) is 0.497. The molecule has 7 nitrogen and oxygen atoms in total. The molecule has 0 fully saturated rings. The Morgan fingerprint density at radius 2 is 2.11 bits per heavy atom. The SMILES string of the molecule is C=CCOC(=O)NC(=O)c1ccccc1[N+](=O)[O-]. The van der Waals surface area contributed by atoms with E-state index in [2.05, 4.69) is 11.3 Å². The molecule has 1 rings (SSSR count). The second kappa shape index (κ2) is 6.14.